The van der Waals surface area contributed by atoms with Crippen LogP contribution in [0.1, 0.15) is 66.7 Å². The van der Waals surface area contributed by atoms with Crippen LogP contribution in [0.25, 0.3) is 0 Å². The van der Waals surface area contributed by atoms with Crippen molar-refractivity contribution in [1.29, 1.82) is 0 Å². The molecule has 1 atom stereocenters. The second-order valence-electron chi connectivity index (χ2n) is 3.92. The predicted octanol–water partition coefficient (Wildman–Crippen LogP) is 2.86. The van der Waals surface area contributed by atoms with Crippen LogP contribution >= 0.6 is 0 Å². The second-order valence-corrected chi connectivity index (χ2v) is 3.92. The molecule has 0 bridgehead atoms. The molecular formula is C13H32N2O. The zero-order chi connectivity index (χ0) is 13.4. The van der Waals surface area contributed by atoms with Crippen molar-refractivity contribution in [3.8, 4) is 0 Å². The maximum atomic E-state index is 10.6. The van der Waals surface area contributed by atoms with Crippen molar-refractivity contribution in [3.05, 3.63) is 0 Å². The highest BCUT2D eigenvalue weighted by molar-refractivity contribution is 5.80. The topological polar surface area (TPSA) is 69.1 Å². The van der Waals surface area contributed by atoms with Crippen molar-refractivity contribution >= 4 is 5.78 Å². The van der Waals surface area contributed by atoms with Gasteiger partial charge in [0, 0.05) is 0 Å². The van der Waals surface area contributed by atoms with Crippen LogP contribution in [0.4, 0.5) is 0 Å². The first-order chi connectivity index (χ1) is 7.51. The number of rotatable bonds is 5. The third-order valence-corrected chi connectivity index (χ3v) is 1.49. The average molecular weight is 232 g/mol. The molecular weight excluding hydrogens is 200 g/mol. The molecule has 0 aliphatic rings. The molecule has 0 aromatic rings. The summed E-state index contributed by atoms with van der Waals surface area (Å²) in [7, 11) is 0. The molecule has 0 saturated carbocycles. The van der Waals surface area contributed by atoms with Crippen LogP contribution in [0.3, 0.4) is 0 Å². The van der Waals surface area contributed by atoms with E-state index < -0.39 is 0 Å². The average Bonchev–Trinajstić information content (AvgIpc) is 2.20. The molecule has 3 heteroatoms. The van der Waals surface area contributed by atoms with Gasteiger partial charge in [0.1, 0.15) is 5.78 Å². The maximum Gasteiger partial charge on any atom is 0.146 e. The molecule has 16 heavy (non-hydrogen) atoms. The molecule has 0 radical (unpaired) electrons. The predicted molar refractivity (Wildman–Crippen MR) is 73.5 cm³/mol. The van der Waals surface area contributed by atoms with Crippen molar-refractivity contribution in [2.75, 3.05) is 6.54 Å². The van der Waals surface area contributed by atoms with Gasteiger partial charge in [0.15, 0.2) is 0 Å². The molecule has 0 aliphatic heterocycles. The van der Waals surface area contributed by atoms with E-state index in [0.717, 1.165) is 19.3 Å². The van der Waals surface area contributed by atoms with Crippen molar-refractivity contribution in [3.63, 3.8) is 0 Å². The zero-order valence-corrected chi connectivity index (χ0v) is 11.9. The summed E-state index contributed by atoms with van der Waals surface area (Å²) in [5.41, 5.74) is 10.7. The van der Waals surface area contributed by atoms with Gasteiger partial charge in [-0.25, -0.2) is 0 Å². The van der Waals surface area contributed by atoms with Gasteiger partial charge in [-0.1, -0.05) is 47.0 Å². The number of unbranched alkanes of at least 4 members (excludes halogenated alkanes) is 1. The lowest BCUT2D eigenvalue weighted by Crippen LogP contribution is -2.28. The Labute approximate surface area is 102 Å². The summed E-state index contributed by atoms with van der Waals surface area (Å²) in [5, 5.41) is 0. The molecule has 0 aromatic heterocycles. The van der Waals surface area contributed by atoms with Gasteiger partial charge in [0.2, 0.25) is 0 Å². The highest BCUT2D eigenvalue weighted by atomic mass is 16.1. The Balaban J connectivity index is -0.000000235. The number of hydrogen-bond acceptors (Lipinski definition) is 3. The summed E-state index contributed by atoms with van der Waals surface area (Å²) in [6.45, 7) is 10.7. The normalized spacial score (nSPS) is 10.4. The van der Waals surface area contributed by atoms with Crippen molar-refractivity contribution < 1.29 is 4.79 Å². The number of ketones is 1. The third kappa shape index (κ3) is 29.2. The van der Waals surface area contributed by atoms with E-state index in [-0.39, 0.29) is 11.8 Å². The van der Waals surface area contributed by atoms with E-state index in [4.69, 9.17) is 11.5 Å². The summed E-state index contributed by atoms with van der Waals surface area (Å²) in [6, 6.07) is -0.272. The molecule has 3 nitrogen and oxygen atoms in total. The quantitative estimate of drug-likeness (QED) is 0.716. The minimum absolute atomic E-state index is 0.0667. The number of hydrogen-bond donors (Lipinski definition) is 2. The third-order valence-electron chi connectivity index (χ3n) is 1.49. The SMILES string of the molecule is CC(=O)C(N)CCCCN.CCC.CCC. The Bertz CT molecular complexity index is 125. The number of Topliss-reactive ketones (excluding diaryl/α,β-unsaturated/α-hetero) is 1. The van der Waals surface area contributed by atoms with Gasteiger partial charge in [0.05, 0.1) is 6.04 Å². The van der Waals surface area contributed by atoms with Gasteiger partial charge in [0.25, 0.3) is 0 Å². The summed E-state index contributed by atoms with van der Waals surface area (Å²) in [6.07, 6.45) is 5.19. The van der Waals surface area contributed by atoms with Gasteiger partial charge in [-0.2, -0.15) is 0 Å². The van der Waals surface area contributed by atoms with E-state index >= 15 is 0 Å². The fourth-order valence-corrected chi connectivity index (χ4v) is 0.712. The van der Waals surface area contributed by atoms with Crippen LogP contribution in [0, 0.1) is 0 Å². The van der Waals surface area contributed by atoms with Crippen molar-refractivity contribution in [1.82, 2.24) is 0 Å². The molecule has 0 fully saturated rings. The Morgan fingerprint density at radius 2 is 1.44 bits per heavy atom. The van der Waals surface area contributed by atoms with E-state index in [1.54, 1.807) is 0 Å². The molecule has 100 valence electrons. The van der Waals surface area contributed by atoms with Crippen LogP contribution in [0.2, 0.25) is 0 Å². The summed E-state index contributed by atoms with van der Waals surface area (Å²) in [4.78, 5) is 10.6. The summed E-state index contributed by atoms with van der Waals surface area (Å²) in [5.74, 6) is 0.0667. The van der Waals surface area contributed by atoms with Gasteiger partial charge in [-0.3, -0.25) is 4.79 Å². The lowest BCUT2D eigenvalue weighted by molar-refractivity contribution is -0.118. The minimum atomic E-state index is -0.272. The van der Waals surface area contributed by atoms with Crippen LogP contribution in [-0.2, 0) is 4.79 Å². The largest absolute Gasteiger partial charge is 0.330 e. The first-order valence-corrected chi connectivity index (χ1v) is 6.47. The Hall–Kier alpha value is -0.410. The fraction of sp³-hybridized carbons (Fsp3) is 0.923. The van der Waals surface area contributed by atoms with Gasteiger partial charge >= 0.3 is 0 Å². The molecule has 0 heterocycles. The van der Waals surface area contributed by atoms with Gasteiger partial charge in [-0.15, -0.1) is 0 Å². The van der Waals surface area contributed by atoms with E-state index in [1.165, 1.54) is 19.8 Å². The van der Waals surface area contributed by atoms with Crippen LogP contribution in [-0.4, -0.2) is 18.4 Å². The Morgan fingerprint density at radius 3 is 1.69 bits per heavy atom. The van der Waals surface area contributed by atoms with Crippen LogP contribution < -0.4 is 11.5 Å². The Kier molecular flexibility index (Phi) is 26.2. The summed E-state index contributed by atoms with van der Waals surface area (Å²) < 4.78 is 0. The molecule has 4 N–H and O–H groups in total. The second kappa shape index (κ2) is 20.1. The molecule has 0 aromatic carbocycles. The van der Waals surface area contributed by atoms with E-state index in [0.29, 0.717) is 6.54 Å². The number of nitrogens with two attached hydrogens (primary N) is 2. The smallest absolute Gasteiger partial charge is 0.146 e. The highest BCUT2D eigenvalue weighted by Crippen LogP contribution is 1.97. The number of carbonyl (C=O) groups is 1. The molecule has 0 saturated heterocycles. The van der Waals surface area contributed by atoms with Crippen LogP contribution in [0.5, 0.6) is 0 Å². The monoisotopic (exact) mass is 232 g/mol. The fourth-order valence-electron chi connectivity index (χ4n) is 0.712. The van der Waals surface area contributed by atoms with Crippen LogP contribution in [0.15, 0.2) is 0 Å². The standard InChI is InChI=1S/C7H16N2O.2C3H8/c1-6(10)7(9)4-2-3-5-8;2*1-3-2/h7H,2-5,8-9H2,1H3;2*3H2,1-2H3. The minimum Gasteiger partial charge on any atom is -0.330 e. The molecule has 0 amide bonds. The van der Waals surface area contributed by atoms with Gasteiger partial charge in [-0.05, 0) is 26.3 Å². The maximum absolute atomic E-state index is 10.6. The molecule has 1 unspecified atom stereocenters. The molecule has 0 spiro atoms. The zero-order valence-electron chi connectivity index (χ0n) is 11.9. The van der Waals surface area contributed by atoms with Gasteiger partial charge < -0.3 is 11.5 Å². The highest BCUT2D eigenvalue weighted by Gasteiger charge is 2.05. The van der Waals surface area contributed by atoms with Crippen molar-refractivity contribution in [2.45, 2.75) is 72.8 Å². The summed E-state index contributed by atoms with van der Waals surface area (Å²) >= 11 is 0. The first-order valence-electron chi connectivity index (χ1n) is 6.47. The number of carbonyl (C=O) groups excluding carboxylic acids is 1. The van der Waals surface area contributed by atoms with E-state index in [2.05, 4.69) is 27.7 Å². The Morgan fingerprint density at radius 1 is 1.06 bits per heavy atom. The lowest BCUT2D eigenvalue weighted by atomic mass is 10.1. The molecule has 0 rings (SSSR count). The first kappa shape index (κ1) is 20.9. The van der Waals surface area contributed by atoms with Crippen molar-refractivity contribution in [2.24, 2.45) is 11.5 Å². The lowest BCUT2D eigenvalue weighted by Gasteiger charge is -2.05. The molecule has 0 aliphatic carbocycles. The van der Waals surface area contributed by atoms with E-state index in [9.17, 15) is 4.79 Å². The van der Waals surface area contributed by atoms with E-state index in [1.807, 2.05) is 0 Å².